The van der Waals surface area contributed by atoms with Gasteiger partial charge >= 0.3 is 5.97 Å². The number of esters is 1. The zero-order valence-corrected chi connectivity index (χ0v) is 19.7. The molecule has 0 bridgehead atoms. The summed E-state index contributed by atoms with van der Waals surface area (Å²) in [5.41, 5.74) is 4.69. The second-order valence-electron chi connectivity index (χ2n) is 7.49. The van der Waals surface area contributed by atoms with Crippen LogP contribution in [-0.2, 0) is 9.53 Å². The maximum absolute atomic E-state index is 13.0. The van der Waals surface area contributed by atoms with Crippen molar-refractivity contribution in [1.82, 2.24) is 4.98 Å². The minimum Gasteiger partial charge on any atom is -0.465 e. The molecule has 0 aliphatic heterocycles. The first kappa shape index (κ1) is 24.0. The van der Waals surface area contributed by atoms with E-state index in [2.05, 4.69) is 20.4 Å². The third kappa shape index (κ3) is 6.43. The Balaban J connectivity index is 1.70. The van der Waals surface area contributed by atoms with Crippen LogP contribution in [0.2, 0.25) is 0 Å². The van der Waals surface area contributed by atoms with E-state index in [9.17, 15) is 14.4 Å². The summed E-state index contributed by atoms with van der Waals surface area (Å²) in [5.74, 6) is -0.899. The molecular weight excluding hydrogens is 438 g/mol. The standard InChI is InChI=1S/C25H25N3O4S/c1-15-6-5-7-20(12-15)28-23(30)22-16(2)13-17(3)26-24(22)33-14-21(29)27-19-10-8-18(9-11-19)25(31)32-4/h5-13H,14H2,1-4H3,(H,27,29)(H,28,30). The van der Waals surface area contributed by atoms with Crippen LogP contribution >= 0.6 is 11.8 Å². The average Bonchev–Trinajstić information content (AvgIpc) is 2.77. The van der Waals surface area contributed by atoms with Crippen molar-refractivity contribution in [2.24, 2.45) is 0 Å². The first-order chi connectivity index (χ1) is 15.8. The summed E-state index contributed by atoms with van der Waals surface area (Å²) in [6.45, 7) is 5.66. The van der Waals surface area contributed by atoms with Crippen molar-refractivity contribution in [2.75, 3.05) is 23.5 Å². The van der Waals surface area contributed by atoms with Gasteiger partial charge in [0.1, 0.15) is 5.03 Å². The molecule has 8 heteroatoms. The number of aryl methyl sites for hydroxylation is 3. The van der Waals surface area contributed by atoms with Gasteiger partial charge in [-0.05, 0) is 74.4 Å². The molecule has 0 saturated carbocycles. The number of anilines is 2. The monoisotopic (exact) mass is 463 g/mol. The summed E-state index contributed by atoms with van der Waals surface area (Å²) in [5, 5.41) is 6.19. The fraction of sp³-hybridized carbons (Fsp3) is 0.200. The van der Waals surface area contributed by atoms with E-state index in [1.807, 2.05) is 51.1 Å². The molecule has 1 aromatic heterocycles. The third-order valence-electron chi connectivity index (χ3n) is 4.74. The van der Waals surface area contributed by atoms with Gasteiger partial charge in [-0.3, -0.25) is 9.59 Å². The Hall–Kier alpha value is -3.65. The van der Waals surface area contributed by atoms with Gasteiger partial charge in [0, 0.05) is 17.1 Å². The fourth-order valence-corrected chi connectivity index (χ4v) is 4.18. The summed E-state index contributed by atoms with van der Waals surface area (Å²) >= 11 is 1.20. The lowest BCUT2D eigenvalue weighted by Crippen LogP contribution is -2.18. The lowest BCUT2D eigenvalue weighted by molar-refractivity contribution is -0.113. The fourth-order valence-electron chi connectivity index (χ4n) is 3.24. The topological polar surface area (TPSA) is 97.4 Å². The van der Waals surface area contributed by atoms with Crippen LogP contribution in [0.5, 0.6) is 0 Å². The van der Waals surface area contributed by atoms with Crippen molar-refractivity contribution >= 4 is 40.9 Å². The second-order valence-corrected chi connectivity index (χ2v) is 8.45. The maximum atomic E-state index is 13.0. The minimum atomic E-state index is -0.444. The SMILES string of the molecule is COC(=O)c1ccc(NC(=O)CSc2nc(C)cc(C)c2C(=O)Nc2cccc(C)c2)cc1. The van der Waals surface area contributed by atoms with Crippen LogP contribution in [0.3, 0.4) is 0 Å². The Kier molecular flexibility index (Phi) is 7.84. The minimum absolute atomic E-state index is 0.0688. The van der Waals surface area contributed by atoms with Gasteiger partial charge in [-0.2, -0.15) is 0 Å². The van der Waals surface area contributed by atoms with E-state index in [0.29, 0.717) is 27.5 Å². The molecule has 7 nitrogen and oxygen atoms in total. The van der Waals surface area contributed by atoms with Crippen molar-refractivity contribution in [3.63, 3.8) is 0 Å². The second kappa shape index (κ2) is 10.8. The molecule has 2 amide bonds. The van der Waals surface area contributed by atoms with Crippen LogP contribution in [0.25, 0.3) is 0 Å². The van der Waals surface area contributed by atoms with Gasteiger partial charge in [0.25, 0.3) is 5.91 Å². The van der Waals surface area contributed by atoms with Gasteiger partial charge in [0.2, 0.25) is 5.91 Å². The molecule has 0 aliphatic carbocycles. The van der Waals surface area contributed by atoms with Crippen LogP contribution in [0.15, 0.2) is 59.6 Å². The number of nitrogens with one attached hydrogen (secondary N) is 2. The lowest BCUT2D eigenvalue weighted by atomic mass is 10.1. The predicted molar refractivity (Wildman–Crippen MR) is 130 cm³/mol. The van der Waals surface area contributed by atoms with E-state index in [0.717, 1.165) is 16.8 Å². The van der Waals surface area contributed by atoms with E-state index in [-0.39, 0.29) is 17.6 Å². The number of benzene rings is 2. The molecular formula is C25H25N3O4S. The average molecular weight is 464 g/mol. The molecule has 0 unspecified atom stereocenters. The zero-order valence-electron chi connectivity index (χ0n) is 18.9. The summed E-state index contributed by atoms with van der Waals surface area (Å²) in [6.07, 6.45) is 0. The summed E-state index contributed by atoms with van der Waals surface area (Å²) in [4.78, 5) is 41.5. The highest BCUT2D eigenvalue weighted by molar-refractivity contribution is 8.00. The Labute approximate surface area is 197 Å². The van der Waals surface area contributed by atoms with Gasteiger partial charge in [0.05, 0.1) is 24.0 Å². The molecule has 1 heterocycles. The molecule has 3 aromatic rings. The van der Waals surface area contributed by atoms with Crippen LogP contribution in [0.4, 0.5) is 11.4 Å². The molecule has 170 valence electrons. The zero-order chi connectivity index (χ0) is 24.0. The van der Waals surface area contributed by atoms with E-state index in [1.54, 1.807) is 24.3 Å². The smallest absolute Gasteiger partial charge is 0.337 e. The van der Waals surface area contributed by atoms with E-state index >= 15 is 0 Å². The van der Waals surface area contributed by atoms with E-state index in [4.69, 9.17) is 0 Å². The number of pyridine rings is 1. The molecule has 2 N–H and O–H groups in total. The number of hydrogen-bond acceptors (Lipinski definition) is 6. The normalized spacial score (nSPS) is 10.4. The lowest BCUT2D eigenvalue weighted by Gasteiger charge is -2.13. The van der Waals surface area contributed by atoms with Crippen LogP contribution in [0.1, 0.15) is 37.5 Å². The number of methoxy groups -OCH3 is 1. The van der Waals surface area contributed by atoms with Gasteiger partial charge < -0.3 is 15.4 Å². The molecule has 2 aromatic carbocycles. The summed E-state index contributed by atoms with van der Waals surface area (Å²) < 4.78 is 4.67. The van der Waals surface area contributed by atoms with Crippen molar-refractivity contribution in [2.45, 2.75) is 25.8 Å². The van der Waals surface area contributed by atoms with Crippen LogP contribution in [0, 0.1) is 20.8 Å². The van der Waals surface area contributed by atoms with Crippen molar-refractivity contribution in [3.05, 3.63) is 82.5 Å². The Morgan fingerprint density at radius 1 is 0.939 bits per heavy atom. The first-order valence-corrected chi connectivity index (χ1v) is 11.2. The summed E-state index contributed by atoms with van der Waals surface area (Å²) in [7, 11) is 1.31. The number of nitrogens with zero attached hydrogens (tertiary/aromatic N) is 1. The van der Waals surface area contributed by atoms with Crippen molar-refractivity contribution in [1.29, 1.82) is 0 Å². The highest BCUT2D eigenvalue weighted by atomic mass is 32.2. The van der Waals surface area contributed by atoms with Gasteiger partial charge in [-0.1, -0.05) is 23.9 Å². The largest absolute Gasteiger partial charge is 0.465 e. The molecule has 33 heavy (non-hydrogen) atoms. The summed E-state index contributed by atoms with van der Waals surface area (Å²) in [6, 6.07) is 15.8. The number of hydrogen-bond donors (Lipinski definition) is 2. The van der Waals surface area contributed by atoms with E-state index < -0.39 is 5.97 Å². The van der Waals surface area contributed by atoms with E-state index in [1.165, 1.54) is 18.9 Å². The number of thioether (sulfide) groups is 1. The first-order valence-electron chi connectivity index (χ1n) is 10.2. The molecule has 0 radical (unpaired) electrons. The number of amides is 2. The highest BCUT2D eigenvalue weighted by Gasteiger charge is 2.19. The van der Waals surface area contributed by atoms with Crippen LogP contribution in [-0.4, -0.2) is 35.6 Å². The van der Waals surface area contributed by atoms with Gasteiger partial charge in [0.15, 0.2) is 0 Å². The number of ether oxygens (including phenoxy) is 1. The Morgan fingerprint density at radius 3 is 2.33 bits per heavy atom. The van der Waals surface area contributed by atoms with Gasteiger partial charge in [-0.25, -0.2) is 9.78 Å². The molecule has 0 saturated heterocycles. The quantitative estimate of drug-likeness (QED) is 0.387. The Bertz CT molecular complexity index is 1190. The third-order valence-corrected chi connectivity index (χ3v) is 5.72. The molecule has 0 fully saturated rings. The molecule has 0 aliphatic rings. The highest BCUT2D eigenvalue weighted by Crippen LogP contribution is 2.26. The van der Waals surface area contributed by atoms with Crippen molar-refractivity contribution in [3.8, 4) is 0 Å². The Morgan fingerprint density at radius 2 is 1.67 bits per heavy atom. The predicted octanol–water partition coefficient (Wildman–Crippen LogP) is 4.78. The number of carbonyl (C=O) groups excluding carboxylic acids is 3. The van der Waals surface area contributed by atoms with Crippen LogP contribution < -0.4 is 10.6 Å². The molecule has 0 atom stereocenters. The number of rotatable bonds is 7. The maximum Gasteiger partial charge on any atom is 0.337 e. The van der Waals surface area contributed by atoms with Crippen molar-refractivity contribution < 1.29 is 19.1 Å². The number of aromatic nitrogens is 1. The molecule has 0 spiro atoms. The molecule has 3 rings (SSSR count). The number of carbonyl (C=O) groups is 3. The van der Waals surface area contributed by atoms with Gasteiger partial charge in [-0.15, -0.1) is 0 Å².